The van der Waals surface area contributed by atoms with E-state index in [-0.39, 0.29) is 11.3 Å². The molecule has 0 amide bonds. The average Bonchev–Trinajstić information content (AvgIpc) is 3.15. The van der Waals surface area contributed by atoms with Crippen LogP contribution in [-0.2, 0) is 12.8 Å². The van der Waals surface area contributed by atoms with Crippen LogP contribution in [-0.4, -0.2) is 36.0 Å². The Labute approximate surface area is 121 Å². The summed E-state index contributed by atoms with van der Waals surface area (Å²) in [4.78, 5) is 27.4. The predicted molar refractivity (Wildman–Crippen MR) is 74.0 cm³/mol. The van der Waals surface area contributed by atoms with Crippen molar-refractivity contribution in [2.45, 2.75) is 12.8 Å². The molecule has 0 aromatic carbocycles. The van der Waals surface area contributed by atoms with Gasteiger partial charge in [-0.15, -0.1) is 11.3 Å². The zero-order valence-corrected chi connectivity index (χ0v) is 11.4. The van der Waals surface area contributed by atoms with Crippen molar-refractivity contribution in [1.29, 1.82) is 0 Å². The maximum absolute atomic E-state index is 11.7. The first-order valence-corrected chi connectivity index (χ1v) is 7.09. The number of H-pyrrole nitrogens is 2. The van der Waals surface area contributed by atoms with Crippen molar-refractivity contribution in [2.75, 3.05) is 0 Å². The molecule has 0 saturated carbocycles. The van der Waals surface area contributed by atoms with E-state index in [4.69, 9.17) is 0 Å². The molecule has 0 spiro atoms. The molecule has 106 valence electrons. The van der Waals surface area contributed by atoms with Gasteiger partial charge in [0.15, 0.2) is 5.69 Å². The molecule has 0 saturated heterocycles. The quantitative estimate of drug-likeness (QED) is 0.647. The number of aromatic amines is 2. The summed E-state index contributed by atoms with van der Waals surface area (Å²) < 4.78 is 1.55. The normalized spacial score (nSPS) is 13.0. The fourth-order valence-corrected chi connectivity index (χ4v) is 3.27. The van der Waals surface area contributed by atoms with Crippen molar-refractivity contribution in [3.05, 3.63) is 38.9 Å². The van der Waals surface area contributed by atoms with Crippen LogP contribution in [0.15, 0.2) is 16.4 Å². The third kappa shape index (κ3) is 1.61. The summed E-state index contributed by atoms with van der Waals surface area (Å²) in [7, 11) is 0. The lowest BCUT2D eigenvalue weighted by molar-refractivity contribution is 0.0691. The highest BCUT2D eigenvalue weighted by molar-refractivity contribution is 7.12. The number of aromatic carboxylic acids is 1. The topological polar surface area (TPSA) is 117 Å². The van der Waals surface area contributed by atoms with Crippen LogP contribution >= 0.6 is 11.3 Å². The fraction of sp³-hybridized carbons (Fsp3) is 0.167. The van der Waals surface area contributed by atoms with E-state index in [0.717, 1.165) is 5.69 Å². The van der Waals surface area contributed by atoms with Crippen LogP contribution < -0.4 is 5.56 Å². The Bertz CT molecular complexity index is 902. The van der Waals surface area contributed by atoms with E-state index in [1.54, 1.807) is 16.3 Å². The standard InChI is InChI=1S/C12H9N5O3S/c18-10-5-1-2-6-7(8(5)14-15-10)9(11(19)20)16-17(6)12-13-3-4-21-12/h3-4H,1-2H2,(H,19,20)(H2,14,15,18). The third-order valence-corrected chi connectivity index (χ3v) is 4.27. The Morgan fingerprint density at radius 2 is 2.24 bits per heavy atom. The number of thiazole rings is 1. The van der Waals surface area contributed by atoms with Crippen molar-refractivity contribution >= 4 is 17.3 Å². The summed E-state index contributed by atoms with van der Waals surface area (Å²) in [5.74, 6) is -1.13. The summed E-state index contributed by atoms with van der Waals surface area (Å²) in [6.45, 7) is 0. The van der Waals surface area contributed by atoms with Crippen LogP contribution in [0.1, 0.15) is 21.7 Å². The van der Waals surface area contributed by atoms with E-state index in [9.17, 15) is 14.7 Å². The lowest BCUT2D eigenvalue weighted by atomic mass is 9.94. The molecule has 3 N–H and O–H groups in total. The molecule has 1 aliphatic carbocycles. The molecule has 0 radical (unpaired) electrons. The molecule has 0 aliphatic heterocycles. The van der Waals surface area contributed by atoms with Gasteiger partial charge in [0.05, 0.1) is 17.0 Å². The van der Waals surface area contributed by atoms with Crippen molar-refractivity contribution in [1.82, 2.24) is 25.0 Å². The highest BCUT2D eigenvalue weighted by Crippen LogP contribution is 2.34. The lowest BCUT2D eigenvalue weighted by Gasteiger charge is -2.12. The highest BCUT2D eigenvalue weighted by Gasteiger charge is 2.31. The van der Waals surface area contributed by atoms with E-state index >= 15 is 0 Å². The number of nitrogens with zero attached hydrogens (tertiary/aromatic N) is 3. The molecule has 0 fully saturated rings. The monoisotopic (exact) mass is 303 g/mol. The van der Waals surface area contributed by atoms with Crippen LogP contribution in [0.3, 0.4) is 0 Å². The summed E-state index contributed by atoms with van der Waals surface area (Å²) in [6, 6.07) is 0. The first-order valence-electron chi connectivity index (χ1n) is 6.21. The molecule has 3 aromatic heterocycles. The number of carbonyl (C=O) groups is 1. The average molecular weight is 303 g/mol. The SMILES string of the molecule is O=C(O)c1nn(-c2nccs2)c2c1-c1[nH][nH]c(=O)c1CC2. The highest BCUT2D eigenvalue weighted by atomic mass is 32.1. The van der Waals surface area contributed by atoms with E-state index in [0.29, 0.717) is 34.8 Å². The van der Waals surface area contributed by atoms with Gasteiger partial charge in [-0.05, 0) is 12.8 Å². The number of carboxylic acid groups (broad SMARTS) is 1. The summed E-state index contributed by atoms with van der Waals surface area (Å²) in [5.41, 5.74) is 2.03. The number of nitrogens with one attached hydrogen (secondary N) is 2. The number of hydrogen-bond donors (Lipinski definition) is 3. The minimum atomic E-state index is -1.13. The number of rotatable bonds is 2. The van der Waals surface area contributed by atoms with Gasteiger partial charge < -0.3 is 5.11 Å². The first kappa shape index (κ1) is 12.1. The summed E-state index contributed by atoms with van der Waals surface area (Å²) in [5, 5.41) is 21.2. The minimum absolute atomic E-state index is 0.0728. The third-order valence-electron chi connectivity index (χ3n) is 3.52. The second-order valence-electron chi connectivity index (χ2n) is 4.63. The fourth-order valence-electron chi connectivity index (χ4n) is 2.65. The molecule has 8 nitrogen and oxygen atoms in total. The molecule has 3 heterocycles. The lowest BCUT2D eigenvalue weighted by Crippen LogP contribution is -2.13. The molecule has 1 aliphatic rings. The molecule has 0 unspecified atom stereocenters. The van der Waals surface area contributed by atoms with Crippen molar-refractivity contribution < 1.29 is 9.90 Å². The van der Waals surface area contributed by atoms with Crippen LogP contribution in [0.5, 0.6) is 0 Å². The molecular formula is C12H9N5O3S. The molecule has 4 rings (SSSR count). The summed E-state index contributed by atoms with van der Waals surface area (Å²) in [6.07, 6.45) is 2.72. The minimum Gasteiger partial charge on any atom is -0.476 e. The molecule has 0 bridgehead atoms. The Morgan fingerprint density at radius 1 is 1.38 bits per heavy atom. The van der Waals surface area contributed by atoms with E-state index in [1.807, 2.05) is 0 Å². The first-order chi connectivity index (χ1) is 10.2. The van der Waals surface area contributed by atoms with Gasteiger partial charge in [-0.25, -0.2) is 14.5 Å². The van der Waals surface area contributed by atoms with Gasteiger partial charge in [0.2, 0.25) is 5.13 Å². The van der Waals surface area contributed by atoms with Crippen molar-refractivity contribution in [3.63, 3.8) is 0 Å². The van der Waals surface area contributed by atoms with Crippen LogP contribution in [0.2, 0.25) is 0 Å². The summed E-state index contributed by atoms with van der Waals surface area (Å²) >= 11 is 1.38. The van der Waals surface area contributed by atoms with E-state index < -0.39 is 5.97 Å². The maximum Gasteiger partial charge on any atom is 0.357 e. The van der Waals surface area contributed by atoms with Crippen molar-refractivity contribution in [2.24, 2.45) is 0 Å². The molecular weight excluding hydrogens is 294 g/mol. The molecule has 3 aromatic rings. The van der Waals surface area contributed by atoms with Crippen molar-refractivity contribution in [3.8, 4) is 16.4 Å². The van der Waals surface area contributed by atoms with Crippen LogP contribution in [0.4, 0.5) is 0 Å². The maximum atomic E-state index is 11.7. The smallest absolute Gasteiger partial charge is 0.357 e. The van der Waals surface area contributed by atoms with E-state index in [1.165, 1.54) is 11.3 Å². The molecule has 9 heteroatoms. The van der Waals surface area contributed by atoms with E-state index in [2.05, 4.69) is 20.3 Å². The second-order valence-corrected chi connectivity index (χ2v) is 5.51. The number of hydrogen-bond acceptors (Lipinski definition) is 5. The zero-order chi connectivity index (χ0) is 14.6. The predicted octanol–water partition coefficient (Wildman–Crippen LogP) is 0.809. The zero-order valence-electron chi connectivity index (χ0n) is 10.6. The number of aromatic nitrogens is 5. The number of carboxylic acids is 1. The van der Waals surface area contributed by atoms with Gasteiger partial charge in [0, 0.05) is 17.1 Å². The molecule has 0 atom stereocenters. The largest absolute Gasteiger partial charge is 0.476 e. The second kappa shape index (κ2) is 4.16. The Kier molecular flexibility index (Phi) is 2.39. The Morgan fingerprint density at radius 3 is 2.95 bits per heavy atom. The van der Waals surface area contributed by atoms with Gasteiger partial charge in [-0.3, -0.25) is 15.0 Å². The van der Waals surface area contributed by atoms with Crippen LogP contribution in [0, 0.1) is 0 Å². The Hall–Kier alpha value is -2.68. The molecule has 21 heavy (non-hydrogen) atoms. The van der Waals surface area contributed by atoms with Gasteiger partial charge >= 0.3 is 5.97 Å². The van der Waals surface area contributed by atoms with Gasteiger partial charge in [-0.2, -0.15) is 5.10 Å². The van der Waals surface area contributed by atoms with Gasteiger partial charge in [0.1, 0.15) is 0 Å². The number of fused-ring (bicyclic) bond motifs is 3. The van der Waals surface area contributed by atoms with Gasteiger partial charge in [-0.1, -0.05) is 0 Å². The van der Waals surface area contributed by atoms with Gasteiger partial charge in [0.25, 0.3) is 5.56 Å². The van der Waals surface area contributed by atoms with Crippen LogP contribution in [0.25, 0.3) is 16.4 Å². The Balaban J connectivity index is 2.05.